The molecule has 0 unspecified atom stereocenters. The summed E-state index contributed by atoms with van der Waals surface area (Å²) in [6.45, 7) is 0. The van der Waals surface area contributed by atoms with Gasteiger partial charge in [0.1, 0.15) is 0 Å². The van der Waals surface area contributed by atoms with Gasteiger partial charge < -0.3 is 0 Å². The molecule has 0 aromatic rings. The molecule has 1 fully saturated rings. The van der Waals surface area contributed by atoms with E-state index in [0.717, 1.165) is 25.7 Å². The van der Waals surface area contributed by atoms with Crippen molar-refractivity contribution in [3.63, 3.8) is 0 Å². The maximum Gasteiger partial charge on any atom is 0.161 e. The molecule has 0 amide bonds. The Morgan fingerprint density at radius 3 is 1.50 bits per heavy atom. The maximum atomic E-state index is 13.6. The predicted molar refractivity (Wildman–Crippen MR) is 59.4 cm³/mol. The van der Waals surface area contributed by atoms with E-state index in [0.29, 0.717) is 0 Å². The minimum atomic E-state index is -0.894. The SMILES string of the molecule is FC1(I)CCCCCCCCC1. The van der Waals surface area contributed by atoms with Crippen LogP contribution in [0.25, 0.3) is 0 Å². The third-order valence-electron chi connectivity index (χ3n) is 2.59. The Morgan fingerprint density at radius 2 is 1.08 bits per heavy atom. The zero-order valence-corrected chi connectivity index (χ0v) is 9.78. The summed E-state index contributed by atoms with van der Waals surface area (Å²) in [5.41, 5.74) is 0. The Balaban J connectivity index is 2.27. The highest BCUT2D eigenvalue weighted by Gasteiger charge is 2.24. The summed E-state index contributed by atoms with van der Waals surface area (Å²) in [5.74, 6) is 0. The molecule has 0 saturated heterocycles. The average Bonchev–Trinajstić information content (AvgIpc) is 2.02. The van der Waals surface area contributed by atoms with Gasteiger partial charge in [0, 0.05) is 0 Å². The molecule has 12 heavy (non-hydrogen) atoms. The van der Waals surface area contributed by atoms with Crippen molar-refractivity contribution in [1.82, 2.24) is 0 Å². The van der Waals surface area contributed by atoms with E-state index >= 15 is 0 Å². The lowest BCUT2D eigenvalue weighted by Gasteiger charge is -2.19. The van der Waals surface area contributed by atoms with Crippen LogP contribution in [-0.2, 0) is 0 Å². The molecule has 0 atom stereocenters. The summed E-state index contributed by atoms with van der Waals surface area (Å²) in [4.78, 5) is 0. The van der Waals surface area contributed by atoms with Crippen molar-refractivity contribution in [3.8, 4) is 0 Å². The van der Waals surface area contributed by atoms with Gasteiger partial charge >= 0.3 is 0 Å². The number of hydrogen-bond acceptors (Lipinski definition) is 0. The first-order chi connectivity index (χ1) is 5.71. The molecule has 0 aliphatic heterocycles. The zero-order chi connectivity index (χ0) is 8.86. The van der Waals surface area contributed by atoms with Crippen LogP contribution in [0, 0.1) is 0 Å². The van der Waals surface area contributed by atoms with Gasteiger partial charge in [-0.15, -0.1) is 0 Å². The van der Waals surface area contributed by atoms with E-state index in [1.165, 1.54) is 32.1 Å². The fourth-order valence-corrected chi connectivity index (χ4v) is 2.54. The zero-order valence-electron chi connectivity index (χ0n) is 7.62. The van der Waals surface area contributed by atoms with Gasteiger partial charge in [-0.1, -0.05) is 32.1 Å². The van der Waals surface area contributed by atoms with E-state index in [9.17, 15) is 4.39 Å². The van der Waals surface area contributed by atoms with Gasteiger partial charge in [-0.25, -0.2) is 4.39 Å². The topological polar surface area (TPSA) is 0 Å². The Morgan fingerprint density at radius 1 is 0.750 bits per heavy atom. The third-order valence-corrected chi connectivity index (χ3v) is 3.66. The monoisotopic (exact) mass is 284 g/mol. The van der Waals surface area contributed by atoms with Crippen molar-refractivity contribution in [2.45, 2.75) is 61.5 Å². The molecule has 72 valence electrons. The molecule has 2 heteroatoms. The highest BCUT2D eigenvalue weighted by Crippen LogP contribution is 2.34. The van der Waals surface area contributed by atoms with Crippen LogP contribution in [0.5, 0.6) is 0 Å². The minimum absolute atomic E-state index is 0.771. The lowest BCUT2D eigenvalue weighted by atomic mass is 10.00. The van der Waals surface area contributed by atoms with E-state index in [2.05, 4.69) is 0 Å². The Hall–Kier alpha value is 0.660. The second-order valence-electron chi connectivity index (χ2n) is 3.83. The largest absolute Gasteiger partial charge is 0.232 e. The van der Waals surface area contributed by atoms with Crippen LogP contribution in [0.2, 0.25) is 0 Å². The summed E-state index contributed by atoms with van der Waals surface area (Å²) in [7, 11) is 0. The average molecular weight is 284 g/mol. The first-order valence-corrected chi connectivity index (χ1v) is 6.16. The van der Waals surface area contributed by atoms with Gasteiger partial charge in [0.05, 0.1) is 0 Å². The smallest absolute Gasteiger partial charge is 0.161 e. The van der Waals surface area contributed by atoms with Gasteiger partial charge in [0.15, 0.2) is 3.68 Å². The number of hydrogen-bond donors (Lipinski definition) is 0. The molecule has 1 aliphatic rings. The molecule has 0 nitrogen and oxygen atoms in total. The highest BCUT2D eigenvalue weighted by molar-refractivity contribution is 14.1. The molecule has 0 heterocycles. The van der Waals surface area contributed by atoms with Gasteiger partial charge in [-0.05, 0) is 48.3 Å². The van der Waals surface area contributed by atoms with Crippen LogP contribution < -0.4 is 0 Å². The van der Waals surface area contributed by atoms with Gasteiger partial charge in [0.25, 0.3) is 0 Å². The molecular weight excluding hydrogens is 266 g/mol. The highest BCUT2D eigenvalue weighted by atomic mass is 127. The minimum Gasteiger partial charge on any atom is -0.232 e. The number of rotatable bonds is 0. The van der Waals surface area contributed by atoms with Crippen molar-refractivity contribution >= 4 is 22.6 Å². The summed E-state index contributed by atoms with van der Waals surface area (Å²) in [6, 6.07) is 0. The van der Waals surface area contributed by atoms with Crippen LogP contribution >= 0.6 is 22.6 Å². The summed E-state index contributed by atoms with van der Waals surface area (Å²) in [6.07, 6.45) is 10.2. The van der Waals surface area contributed by atoms with Crippen LogP contribution in [0.1, 0.15) is 57.8 Å². The van der Waals surface area contributed by atoms with Gasteiger partial charge in [-0.2, -0.15) is 0 Å². The van der Waals surface area contributed by atoms with E-state index in [-0.39, 0.29) is 0 Å². The molecule has 0 radical (unpaired) electrons. The second kappa shape index (κ2) is 5.40. The molecule has 0 bridgehead atoms. The first kappa shape index (κ1) is 10.7. The number of alkyl halides is 2. The summed E-state index contributed by atoms with van der Waals surface area (Å²) in [5, 5.41) is 0. The van der Waals surface area contributed by atoms with Crippen molar-refractivity contribution in [2.75, 3.05) is 0 Å². The van der Waals surface area contributed by atoms with Crippen LogP contribution in [0.15, 0.2) is 0 Å². The second-order valence-corrected chi connectivity index (χ2v) is 5.76. The van der Waals surface area contributed by atoms with Crippen LogP contribution in [0.3, 0.4) is 0 Å². The standard InChI is InChI=1S/C10H18FI/c11-10(12)8-6-4-2-1-3-5-7-9-10/h1-9H2. The van der Waals surface area contributed by atoms with Crippen LogP contribution in [-0.4, -0.2) is 3.68 Å². The first-order valence-electron chi connectivity index (χ1n) is 5.09. The molecule has 0 N–H and O–H groups in total. The van der Waals surface area contributed by atoms with Gasteiger partial charge in [-0.3, -0.25) is 0 Å². The fraction of sp³-hybridized carbons (Fsp3) is 1.00. The van der Waals surface area contributed by atoms with Gasteiger partial charge in [0.2, 0.25) is 0 Å². The number of halogens is 2. The Kier molecular flexibility index (Phi) is 4.84. The van der Waals surface area contributed by atoms with E-state index in [1.807, 2.05) is 22.6 Å². The Labute approximate surface area is 88.4 Å². The quantitative estimate of drug-likeness (QED) is 0.450. The predicted octanol–water partition coefficient (Wildman–Crippen LogP) is 4.61. The molecule has 0 aromatic heterocycles. The molecular formula is C10H18FI. The Bertz CT molecular complexity index is 111. The molecule has 1 aliphatic carbocycles. The lowest BCUT2D eigenvalue weighted by molar-refractivity contribution is 0.255. The normalized spacial score (nSPS) is 26.5. The van der Waals surface area contributed by atoms with E-state index < -0.39 is 3.68 Å². The molecule has 0 spiro atoms. The van der Waals surface area contributed by atoms with E-state index in [1.54, 1.807) is 0 Å². The summed E-state index contributed by atoms with van der Waals surface area (Å²) < 4.78 is 12.7. The van der Waals surface area contributed by atoms with Crippen molar-refractivity contribution in [2.24, 2.45) is 0 Å². The molecule has 1 saturated carbocycles. The van der Waals surface area contributed by atoms with Crippen molar-refractivity contribution < 1.29 is 4.39 Å². The summed E-state index contributed by atoms with van der Waals surface area (Å²) >= 11 is 2.00. The van der Waals surface area contributed by atoms with E-state index in [4.69, 9.17) is 0 Å². The third kappa shape index (κ3) is 4.63. The van der Waals surface area contributed by atoms with Crippen molar-refractivity contribution in [1.29, 1.82) is 0 Å². The van der Waals surface area contributed by atoms with Crippen molar-refractivity contribution in [3.05, 3.63) is 0 Å². The maximum absolute atomic E-state index is 13.6. The molecule has 1 rings (SSSR count). The van der Waals surface area contributed by atoms with Crippen LogP contribution in [0.4, 0.5) is 4.39 Å². The molecule has 0 aromatic carbocycles. The lowest BCUT2D eigenvalue weighted by Crippen LogP contribution is -2.13. The fourth-order valence-electron chi connectivity index (χ4n) is 1.78.